The minimum absolute atomic E-state index is 0.132. The molecular weight excluding hydrogens is 324 g/mol. The fourth-order valence-corrected chi connectivity index (χ4v) is 2.16. The largest absolute Gasteiger partial charge is 0.495 e. The molecule has 1 amide bonds. The van der Waals surface area contributed by atoms with Crippen LogP contribution in [0.25, 0.3) is 0 Å². The van der Waals surface area contributed by atoms with Crippen LogP contribution < -0.4 is 14.8 Å². The smallest absolute Gasteiger partial charge is 0.271 e. The lowest BCUT2D eigenvalue weighted by atomic mass is 10.2. The Hall–Kier alpha value is -3.09. The van der Waals surface area contributed by atoms with Crippen LogP contribution in [-0.2, 0) is 0 Å². The third-order valence-electron chi connectivity index (χ3n) is 3.50. The van der Waals surface area contributed by atoms with E-state index in [9.17, 15) is 14.9 Å². The van der Waals surface area contributed by atoms with Gasteiger partial charge in [-0.05, 0) is 30.7 Å². The Labute approximate surface area is 145 Å². The number of benzene rings is 2. The topological polar surface area (TPSA) is 90.7 Å². The van der Waals surface area contributed by atoms with E-state index in [-0.39, 0.29) is 11.4 Å². The van der Waals surface area contributed by atoms with Gasteiger partial charge in [0.1, 0.15) is 11.5 Å². The standard InChI is InChI=1S/C18H20N2O5/c1-3-4-10-25-15-7-5-6-13(11-15)18(21)19-16-12-14(20(22)23)8-9-17(16)24-2/h5-9,11-12H,3-4,10H2,1-2H3,(H,19,21). The fourth-order valence-electron chi connectivity index (χ4n) is 2.16. The van der Waals surface area contributed by atoms with E-state index in [0.717, 1.165) is 12.8 Å². The second-order valence-corrected chi connectivity index (χ2v) is 5.33. The molecule has 2 aromatic rings. The van der Waals surface area contributed by atoms with Gasteiger partial charge in [0.05, 0.1) is 24.3 Å². The molecule has 1 N–H and O–H groups in total. The minimum Gasteiger partial charge on any atom is -0.495 e. The van der Waals surface area contributed by atoms with Gasteiger partial charge in [0.15, 0.2) is 0 Å². The average molecular weight is 344 g/mol. The van der Waals surface area contributed by atoms with Crippen molar-refractivity contribution in [3.63, 3.8) is 0 Å². The van der Waals surface area contributed by atoms with Gasteiger partial charge < -0.3 is 14.8 Å². The highest BCUT2D eigenvalue weighted by atomic mass is 16.6. The van der Waals surface area contributed by atoms with Gasteiger partial charge in [0.2, 0.25) is 0 Å². The Morgan fingerprint density at radius 2 is 2.04 bits per heavy atom. The van der Waals surface area contributed by atoms with E-state index in [1.165, 1.54) is 25.3 Å². The predicted octanol–water partition coefficient (Wildman–Crippen LogP) is 4.03. The van der Waals surface area contributed by atoms with Crippen molar-refractivity contribution in [1.82, 2.24) is 0 Å². The number of nitrogens with zero attached hydrogens (tertiary/aromatic N) is 1. The van der Waals surface area contributed by atoms with Gasteiger partial charge in [-0.25, -0.2) is 0 Å². The molecule has 0 saturated heterocycles. The molecule has 7 nitrogen and oxygen atoms in total. The number of non-ortho nitro benzene ring substituents is 1. The number of amides is 1. The number of ether oxygens (including phenoxy) is 2. The predicted molar refractivity (Wildman–Crippen MR) is 94.4 cm³/mol. The first kappa shape index (κ1) is 18.3. The highest BCUT2D eigenvalue weighted by molar-refractivity contribution is 6.05. The summed E-state index contributed by atoms with van der Waals surface area (Å²) in [4.78, 5) is 22.8. The first-order valence-electron chi connectivity index (χ1n) is 7.91. The van der Waals surface area contributed by atoms with Crippen molar-refractivity contribution >= 4 is 17.3 Å². The van der Waals surface area contributed by atoms with Gasteiger partial charge in [-0.1, -0.05) is 19.4 Å². The number of anilines is 1. The van der Waals surface area contributed by atoms with Gasteiger partial charge in [-0.15, -0.1) is 0 Å². The van der Waals surface area contributed by atoms with Gasteiger partial charge >= 0.3 is 0 Å². The zero-order valence-electron chi connectivity index (χ0n) is 14.2. The second kappa shape index (κ2) is 8.68. The van der Waals surface area contributed by atoms with Crippen LogP contribution in [0.1, 0.15) is 30.1 Å². The number of rotatable bonds is 8. The van der Waals surface area contributed by atoms with Crippen molar-refractivity contribution in [2.75, 3.05) is 19.0 Å². The molecule has 132 valence electrons. The number of methoxy groups -OCH3 is 1. The molecule has 0 saturated carbocycles. The molecule has 0 aliphatic rings. The van der Waals surface area contributed by atoms with Crippen LogP contribution in [0.15, 0.2) is 42.5 Å². The van der Waals surface area contributed by atoms with Crippen molar-refractivity contribution in [1.29, 1.82) is 0 Å². The second-order valence-electron chi connectivity index (χ2n) is 5.33. The minimum atomic E-state index is -0.530. The summed E-state index contributed by atoms with van der Waals surface area (Å²) in [6.07, 6.45) is 1.95. The van der Waals surface area contributed by atoms with Crippen molar-refractivity contribution in [2.24, 2.45) is 0 Å². The Morgan fingerprint density at radius 1 is 1.24 bits per heavy atom. The van der Waals surface area contributed by atoms with E-state index < -0.39 is 10.8 Å². The molecule has 0 aliphatic heterocycles. The number of nitro benzene ring substituents is 1. The molecule has 0 fully saturated rings. The zero-order chi connectivity index (χ0) is 18.2. The van der Waals surface area contributed by atoms with Crippen LogP contribution in [0.4, 0.5) is 11.4 Å². The molecule has 2 rings (SSSR count). The Morgan fingerprint density at radius 3 is 2.72 bits per heavy atom. The number of unbranched alkanes of at least 4 members (excludes halogenated alkanes) is 1. The highest BCUT2D eigenvalue weighted by Gasteiger charge is 2.15. The number of carbonyl (C=O) groups is 1. The molecule has 25 heavy (non-hydrogen) atoms. The lowest BCUT2D eigenvalue weighted by Crippen LogP contribution is -2.13. The van der Waals surface area contributed by atoms with E-state index in [4.69, 9.17) is 9.47 Å². The molecular formula is C18H20N2O5. The molecule has 0 atom stereocenters. The van der Waals surface area contributed by atoms with Gasteiger partial charge in [0, 0.05) is 17.7 Å². The SMILES string of the molecule is CCCCOc1cccc(C(=O)Nc2cc([N+](=O)[O-])ccc2OC)c1. The quantitative estimate of drug-likeness (QED) is 0.443. The summed E-state index contributed by atoms with van der Waals surface area (Å²) in [7, 11) is 1.43. The fraction of sp³-hybridized carbons (Fsp3) is 0.278. The molecule has 7 heteroatoms. The monoisotopic (exact) mass is 344 g/mol. The molecule has 0 heterocycles. The Bertz CT molecular complexity index is 761. The lowest BCUT2D eigenvalue weighted by Gasteiger charge is -2.11. The molecule has 0 bridgehead atoms. The van der Waals surface area contributed by atoms with Crippen molar-refractivity contribution < 1.29 is 19.2 Å². The maximum absolute atomic E-state index is 12.5. The number of hydrogen-bond donors (Lipinski definition) is 1. The summed E-state index contributed by atoms with van der Waals surface area (Å²) in [6, 6.07) is 10.8. The van der Waals surface area contributed by atoms with Crippen molar-refractivity contribution in [3.8, 4) is 11.5 Å². The van der Waals surface area contributed by atoms with Crippen LogP contribution in [-0.4, -0.2) is 24.5 Å². The lowest BCUT2D eigenvalue weighted by molar-refractivity contribution is -0.384. The van der Waals surface area contributed by atoms with E-state index >= 15 is 0 Å². The first-order valence-corrected chi connectivity index (χ1v) is 7.91. The van der Waals surface area contributed by atoms with Crippen LogP contribution in [0.5, 0.6) is 11.5 Å². The maximum Gasteiger partial charge on any atom is 0.271 e. The normalized spacial score (nSPS) is 10.2. The molecule has 0 aliphatic carbocycles. The first-order chi connectivity index (χ1) is 12.0. The van der Waals surface area contributed by atoms with Gasteiger partial charge in [-0.3, -0.25) is 14.9 Å². The van der Waals surface area contributed by atoms with Crippen LogP contribution >= 0.6 is 0 Å². The van der Waals surface area contributed by atoms with Crippen molar-refractivity contribution in [3.05, 3.63) is 58.1 Å². The van der Waals surface area contributed by atoms with E-state index in [0.29, 0.717) is 23.7 Å². The summed E-state index contributed by atoms with van der Waals surface area (Å²) in [5.41, 5.74) is 0.495. The van der Waals surface area contributed by atoms with E-state index in [1.54, 1.807) is 24.3 Å². The number of carbonyl (C=O) groups excluding carboxylic acids is 1. The molecule has 0 aromatic heterocycles. The summed E-state index contributed by atoms with van der Waals surface area (Å²) in [5, 5.41) is 13.6. The molecule has 2 aromatic carbocycles. The molecule has 0 unspecified atom stereocenters. The third kappa shape index (κ3) is 4.94. The Balaban J connectivity index is 2.17. The van der Waals surface area contributed by atoms with Gasteiger partial charge in [0.25, 0.3) is 11.6 Å². The number of hydrogen-bond acceptors (Lipinski definition) is 5. The summed E-state index contributed by atoms with van der Waals surface area (Å²) >= 11 is 0. The average Bonchev–Trinajstić information content (AvgIpc) is 2.62. The summed E-state index contributed by atoms with van der Waals surface area (Å²) in [6.45, 7) is 2.65. The maximum atomic E-state index is 12.5. The van der Waals surface area contributed by atoms with E-state index in [1.807, 2.05) is 0 Å². The number of nitrogens with one attached hydrogen (secondary N) is 1. The van der Waals surface area contributed by atoms with E-state index in [2.05, 4.69) is 12.2 Å². The van der Waals surface area contributed by atoms with Crippen molar-refractivity contribution in [2.45, 2.75) is 19.8 Å². The third-order valence-corrected chi connectivity index (χ3v) is 3.50. The summed E-state index contributed by atoms with van der Waals surface area (Å²) < 4.78 is 10.7. The zero-order valence-corrected chi connectivity index (χ0v) is 14.2. The molecule has 0 spiro atoms. The summed E-state index contributed by atoms with van der Waals surface area (Å²) in [5.74, 6) is 0.543. The van der Waals surface area contributed by atoms with Crippen LogP contribution in [0.3, 0.4) is 0 Å². The highest BCUT2D eigenvalue weighted by Crippen LogP contribution is 2.29. The van der Waals surface area contributed by atoms with Gasteiger partial charge in [-0.2, -0.15) is 0 Å². The van der Waals surface area contributed by atoms with Crippen LogP contribution in [0.2, 0.25) is 0 Å². The number of nitro groups is 1. The molecule has 0 radical (unpaired) electrons. The van der Waals surface area contributed by atoms with Crippen LogP contribution in [0, 0.1) is 10.1 Å². The Kier molecular flexibility index (Phi) is 6.33.